The van der Waals surface area contributed by atoms with Crippen molar-refractivity contribution in [2.45, 2.75) is 38.7 Å². The molecule has 0 radical (unpaired) electrons. The highest BCUT2D eigenvalue weighted by Gasteiger charge is 2.43. The van der Waals surface area contributed by atoms with Gasteiger partial charge in [-0.2, -0.15) is 0 Å². The van der Waals surface area contributed by atoms with E-state index >= 15 is 0 Å². The van der Waals surface area contributed by atoms with Crippen molar-refractivity contribution < 1.29 is 5.11 Å². The molecule has 0 amide bonds. The van der Waals surface area contributed by atoms with E-state index in [2.05, 4.69) is 29.8 Å². The monoisotopic (exact) mass is 316 g/mol. The van der Waals surface area contributed by atoms with Crippen LogP contribution >= 0.6 is 27.5 Å². The second kappa shape index (κ2) is 4.91. The van der Waals surface area contributed by atoms with Crippen molar-refractivity contribution >= 4 is 27.5 Å². The Hall–Kier alpha value is -0.0500. The largest absolute Gasteiger partial charge is 0.390 e. The van der Waals surface area contributed by atoms with Crippen molar-refractivity contribution in [1.29, 1.82) is 0 Å². The highest BCUT2D eigenvalue weighted by Crippen LogP contribution is 2.44. The molecule has 1 fully saturated rings. The van der Waals surface area contributed by atoms with Crippen LogP contribution in [0.1, 0.15) is 32.3 Å². The summed E-state index contributed by atoms with van der Waals surface area (Å²) < 4.78 is 0.979. The van der Waals surface area contributed by atoms with Gasteiger partial charge in [-0.1, -0.05) is 47.4 Å². The Bertz CT molecular complexity index is 411. The Morgan fingerprint density at radius 1 is 1.47 bits per heavy atom. The summed E-state index contributed by atoms with van der Waals surface area (Å²) >= 11 is 9.56. The van der Waals surface area contributed by atoms with Crippen LogP contribution in [0.25, 0.3) is 0 Å². The van der Waals surface area contributed by atoms with Gasteiger partial charge in [-0.15, -0.1) is 0 Å². The summed E-state index contributed by atoms with van der Waals surface area (Å²) in [6, 6.07) is 5.86. The number of halogens is 2. The van der Waals surface area contributed by atoms with Gasteiger partial charge >= 0.3 is 0 Å². The molecule has 1 N–H and O–H groups in total. The first kappa shape index (κ1) is 13.4. The lowest BCUT2D eigenvalue weighted by Crippen LogP contribution is -2.47. The minimum absolute atomic E-state index is 0.535. The van der Waals surface area contributed by atoms with Gasteiger partial charge in [0.15, 0.2) is 0 Å². The molecule has 0 aromatic heterocycles. The molecule has 0 heterocycles. The number of hydrogen-bond acceptors (Lipinski definition) is 1. The van der Waals surface area contributed by atoms with Crippen molar-refractivity contribution in [1.82, 2.24) is 0 Å². The van der Waals surface area contributed by atoms with E-state index in [1.807, 2.05) is 18.2 Å². The van der Waals surface area contributed by atoms with Gasteiger partial charge in [0.1, 0.15) is 0 Å². The fourth-order valence-corrected chi connectivity index (χ4v) is 3.29. The maximum atomic E-state index is 10.4. The van der Waals surface area contributed by atoms with E-state index in [-0.39, 0.29) is 0 Å². The zero-order valence-corrected chi connectivity index (χ0v) is 12.6. The van der Waals surface area contributed by atoms with E-state index in [1.165, 1.54) is 0 Å². The molecule has 1 aliphatic carbocycles. The summed E-state index contributed by atoms with van der Waals surface area (Å²) in [4.78, 5) is 0. The van der Waals surface area contributed by atoms with Gasteiger partial charge in [0.05, 0.1) is 5.60 Å². The third-order valence-electron chi connectivity index (χ3n) is 3.76. The molecule has 0 atom stereocenters. The molecule has 1 aromatic rings. The Labute approximate surface area is 116 Å². The molecule has 1 nitrogen and oxygen atoms in total. The first-order valence-corrected chi connectivity index (χ1v) is 7.23. The fourth-order valence-electron chi connectivity index (χ4n) is 2.55. The third kappa shape index (κ3) is 3.04. The van der Waals surface area contributed by atoms with Crippen molar-refractivity contribution in [3.8, 4) is 0 Å². The van der Waals surface area contributed by atoms with Gasteiger partial charge in [-0.3, -0.25) is 0 Å². The van der Waals surface area contributed by atoms with Crippen LogP contribution in [0, 0.1) is 11.8 Å². The molecule has 2 rings (SSSR count). The van der Waals surface area contributed by atoms with Crippen molar-refractivity contribution in [3.05, 3.63) is 33.3 Å². The normalized spacial score (nSPS) is 28.2. The molecular weight excluding hydrogens is 300 g/mol. The summed E-state index contributed by atoms with van der Waals surface area (Å²) in [5.41, 5.74) is 0.506. The molecule has 94 valence electrons. The van der Waals surface area contributed by atoms with E-state index in [1.54, 1.807) is 0 Å². The van der Waals surface area contributed by atoms with Crippen LogP contribution in [0.15, 0.2) is 22.7 Å². The lowest BCUT2D eigenvalue weighted by Gasteiger charge is -2.46. The van der Waals surface area contributed by atoms with Gasteiger partial charge in [-0.05, 0) is 42.4 Å². The molecule has 0 saturated heterocycles. The maximum Gasteiger partial charge on any atom is 0.0694 e. The van der Waals surface area contributed by atoms with Gasteiger partial charge in [0.25, 0.3) is 0 Å². The van der Waals surface area contributed by atoms with Gasteiger partial charge in [0.2, 0.25) is 0 Å². The molecule has 0 unspecified atom stereocenters. The van der Waals surface area contributed by atoms with Gasteiger partial charge in [-0.25, -0.2) is 0 Å². The molecule has 3 heteroatoms. The van der Waals surface area contributed by atoms with Crippen molar-refractivity contribution in [2.75, 3.05) is 0 Å². The minimum atomic E-state index is -0.535. The standard InChI is InChI=1S/C14H18BrClO/c1-9(2)11-7-14(17,8-11)6-10-3-4-12(15)5-13(10)16/h3-5,9,11,17H,6-8H2,1-2H3. The lowest BCUT2D eigenvalue weighted by molar-refractivity contribution is -0.0860. The van der Waals surface area contributed by atoms with Crippen LogP contribution in [0.4, 0.5) is 0 Å². The molecule has 1 saturated carbocycles. The molecule has 17 heavy (non-hydrogen) atoms. The summed E-state index contributed by atoms with van der Waals surface area (Å²) in [5, 5.41) is 11.1. The van der Waals surface area contributed by atoms with Crippen molar-refractivity contribution in [2.24, 2.45) is 11.8 Å². The van der Waals surface area contributed by atoms with Gasteiger partial charge in [0, 0.05) is 15.9 Å². The van der Waals surface area contributed by atoms with Gasteiger partial charge < -0.3 is 5.11 Å². The second-order valence-corrected chi connectivity index (χ2v) is 6.87. The molecule has 0 aliphatic heterocycles. The molecular formula is C14H18BrClO. The Kier molecular flexibility index (Phi) is 3.86. The van der Waals surface area contributed by atoms with Crippen LogP contribution in [0.2, 0.25) is 5.02 Å². The smallest absolute Gasteiger partial charge is 0.0694 e. The number of rotatable bonds is 3. The maximum absolute atomic E-state index is 10.4. The fraction of sp³-hybridized carbons (Fsp3) is 0.571. The quantitative estimate of drug-likeness (QED) is 0.873. The van der Waals surface area contributed by atoms with Crippen LogP contribution in [0.5, 0.6) is 0 Å². The molecule has 0 spiro atoms. The van der Waals surface area contributed by atoms with E-state index in [0.717, 1.165) is 27.9 Å². The SMILES string of the molecule is CC(C)C1CC(O)(Cc2ccc(Br)cc2Cl)C1. The lowest BCUT2D eigenvalue weighted by atomic mass is 9.64. The number of aliphatic hydroxyl groups is 1. The van der Waals surface area contributed by atoms with E-state index < -0.39 is 5.60 Å². The van der Waals surface area contributed by atoms with Crippen LogP contribution in [-0.4, -0.2) is 10.7 Å². The Balaban J connectivity index is 2.02. The average molecular weight is 318 g/mol. The molecule has 1 aliphatic rings. The molecule has 1 aromatic carbocycles. The van der Waals surface area contributed by atoms with E-state index in [9.17, 15) is 5.11 Å². The minimum Gasteiger partial charge on any atom is -0.390 e. The summed E-state index contributed by atoms with van der Waals surface area (Å²) in [7, 11) is 0. The summed E-state index contributed by atoms with van der Waals surface area (Å²) in [6.45, 7) is 4.44. The Morgan fingerprint density at radius 3 is 2.65 bits per heavy atom. The van der Waals surface area contributed by atoms with Crippen molar-refractivity contribution in [3.63, 3.8) is 0 Å². The Morgan fingerprint density at radius 2 is 2.12 bits per heavy atom. The predicted octanol–water partition coefficient (Wildman–Crippen LogP) is 4.44. The van der Waals surface area contributed by atoms with E-state index in [0.29, 0.717) is 18.3 Å². The average Bonchev–Trinajstić information content (AvgIpc) is 2.18. The van der Waals surface area contributed by atoms with Crippen LogP contribution < -0.4 is 0 Å². The summed E-state index contributed by atoms with van der Waals surface area (Å²) in [6.07, 6.45) is 2.47. The third-order valence-corrected chi connectivity index (χ3v) is 4.61. The zero-order chi connectivity index (χ0) is 12.6. The predicted molar refractivity (Wildman–Crippen MR) is 75.4 cm³/mol. The highest BCUT2D eigenvalue weighted by molar-refractivity contribution is 9.10. The zero-order valence-electron chi connectivity index (χ0n) is 10.2. The highest BCUT2D eigenvalue weighted by atomic mass is 79.9. The molecule has 0 bridgehead atoms. The first-order chi connectivity index (χ1) is 7.89. The second-order valence-electron chi connectivity index (χ2n) is 5.55. The topological polar surface area (TPSA) is 20.2 Å². The number of hydrogen-bond donors (Lipinski definition) is 1. The van der Waals surface area contributed by atoms with E-state index in [4.69, 9.17) is 11.6 Å². The summed E-state index contributed by atoms with van der Waals surface area (Å²) in [5.74, 6) is 1.32. The first-order valence-electron chi connectivity index (χ1n) is 6.06. The number of benzene rings is 1. The van der Waals surface area contributed by atoms with Crippen LogP contribution in [0.3, 0.4) is 0 Å². The van der Waals surface area contributed by atoms with Crippen LogP contribution in [-0.2, 0) is 6.42 Å².